The van der Waals surface area contributed by atoms with E-state index in [4.69, 9.17) is 9.15 Å². The van der Waals surface area contributed by atoms with E-state index in [-0.39, 0.29) is 5.91 Å². The van der Waals surface area contributed by atoms with Gasteiger partial charge in [-0.1, -0.05) is 24.6 Å². The maximum absolute atomic E-state index is 12.5. The Morgan fingerprint density at radius 2 is 2.04 bits per heavy atom. The molecule has 1 saturated heterocycles. The molecule has 0 radical (unpaired) electrons. The van der Waals surface area contributed by atoms with Crippen molar-refractivity contribution in [3.8, 4) is 11.4 Å². The maximum Gasteiger partial charge on any atom is 0.233 e. The standard InChI is InChI=1S/C18H26N4O3S/c1-14-15(7-11-25-14)17-19-20-18(22(17)10-12-24-2)26-13-16(23)21-8-5-3-4-6-9-21/h7,11H,3-6,8-10,12-13H2,1-2H3. The Morgan fingerprint density at radius 1 is 1.27 bits per heavy atom. The lowest BCUT2D eigenvalue weighted by atomic mass is 10.2. The lowest BCUT2D eigenvalue weighted by Gasteiger charge is -2.19. The predicted molar refractivity (Wildman–Crippen MR) is 100 cm³/mol. The van der Waals surface area contributed by atoms with Crippen molar-refractivity contribution in [1.29, 1.82) is 0 Å². The molecule has 1 fully saturated rings. The second-order valence-electron chi connectivity index (χ2n) is 6.42. The van der Waals surface area contributed by atoms with Crippen LogP contribution in [0.5, 0.6) is 0 Å². The molecule has 8 heteroatoms. The predicted octanol–water partition coefficient (Wildman–Crippen LogP) is 2.99. The van der Waals surface area contributed by atoms with Gasteiger partial charge < -0.3 is 14.1 Å². The number of aryl methyl sites for hydroxylation is 1. The number of nitrogens with zero attached hydrogens (tertiary/aromatic N) is 4. The molecule has 0 spiro atoms. The first-order valence-electron chi connectivity index (χ1n) is 9.08. The lowest BCUT2D eigenvalue weighted by molar-refractivity contribution is -0.128. The molecule has 0 saturated carbocycles. The van der Waals surface area contributed by atoms with Crippen molar-refractivity contribution in [2.45, 2.75) is 44.3 Å². The highest BCUT2D eigenvalue weighted by Crippen LogP contribution is 2.27. The highest BCUT2D eigenvalue weighted by Gasteiger charge is 2.20. The topological polar surface area (TPSA) is 73.4 Å². The number of aromatic nitrogens is 3. The minimum Gasteiger partial charge on any atom is -0.469 e. The zero-order chi connectivity index (χ0) is 18.4. The van der Waals surface area contributed by atoms with E-state index < -0.39 is 0 Å². The number of likely N-dealkylation sites (tertiary alicyclic amines) is 1. The first-order valence-corrected chi connectivity index (χ1v) is 10.1. The highest BCUT2D eigenvalue weighted by atomic mass is 32.2. The summed E-state index contributed by atoms with van der Waals surface area (Å²) in [4.78, 5) is 14.5. The molecule has 2 aromatic heterocycles. The van der Waals surface area contributed by atoms with E-state index in [1.54, 1.807) is 13.4 Å². The third-order valence-corrected chi connectivity index (χ3v) is 5.57. The van der Waals surface area contributed by atoms with Gasteiger partial charge in [-0.05, 0) is 25.8 Å². The van der Waals surface area contributed by atoms with Gasteiger partial charge in [0.1, 0.15) is 5.76 Å². The van der Waals surface area contributed by atoms with Crippen LogP contribution in [0.1, 0.15) is 31.4 Å². The number of carbonyl (C=O) groups is 1. The maximum atomic E-state index is 12.5. The molecule has 0 aromatic carbocycles. The zero-order valence-corrected chi connectivity index (χ0v) is 16.3. The Balaban J connectivity index is 1.71. The molecule has 0 aliphatic carbocycles. The van der Waals surface area contributed by atoms with Crippen LogP contribution >= 0.6 is 11.8 Å². The number of methoxy groups -OCH3 is 1. The number of carbonyl (C=O) groups excluding carboxylic acids is 1. The summed E-state index contributed by atoms with van der Waals surface area (Å²) in [6.45, 7) is 4.82. The fourth-order valence-corrected chi connectivity index (χ4v) is 4.00. The quantitative estimate of drug-likeness (QED) is 0.690. The Morgan fingerprint density at radius 3 is 2.69 bits per heavy atom. The molecule has 3 heterocycles. The van der Waals surface area contributed by atoms with Crippen molar-refractivity contribution in [3.63, 3.8) is 0 Å². The molecular formula is C18H26N4O3S. The number of hydrogen-bond donors (Lipinski definition) is 0. The van der Waals surface area contributed by atoms with Gasteiger partial charge in [0.05, 0.1) is 30.7 Å². The van der Waals surface area contributed by atoms with Crippen molar-refractivity contribution in [2.24, 2.45) is 0 Å². The van der Waals surface area contributed by atoms with Gasteiger partial charge in [0.15, 0.2) is 11.0 Å². The molecule has 0 unspecified atom stereocenters. The van der Waals surface area contributed by atoms with Crippen molar-refractivity contribution in [2.75, 3.05) is 32.6 Å². The van der Waals surface area contributed by atoms with E-state index in [1.165, 1.54) is 24.6 Å². The van der Waals surface area contributed by atoms with Crippen LogP contribution < -0.4 is 0 Å². The van der Waals surface area contributed by atoms with E-state index >= 15 is 0 Å². The summed E-state index contributed by atoms with van der Waals surface area (Å²) in [7, 11) is 1.67. The molecule has 3 rings (SSSR count). The van der Waals surface area contributed by atoms with Gasteiger partial charge in [-0.25, -0.2) is 0 Å². The van der Waals surface area contributed by atoms with Crippen LogP contribution in [-0.2, 0) is 16.1 Å². The third kappa shape index (κ3) is 4.48. The van der Waals surface area contributed by atoms with Crippen molar-refractivity contribution in [1.82, 2.24) is 19.7 Å². The van der Waals surface area contributed by atoms with E-state index in [1.807, 2.05) is 22.5 Å². The average molecular weight is 378 g/mol. The largest absolute Gasteiger partial charge is 0.469 e. The number of ether oxygens (including phenoxy) is 1. The number of hydrogen-bond acceptors (Lipinski definition) is 6. The third-order valence-electron chi connectivity index (χ3n) is 4.62. The normalized spacial score (nSPS) is 15.2. The van der Waals surface area contributed by atoms with Gasteiger partial charge in [-0.2, -0.15) is 0 Å². The van der Waals surface area contributed by atoms with Gasteiger partial charge >= 0.3 is 0 Å². The van der Waals surface area contributed by atoms with Crippen LogP contribution in [0.2, 0.25) is 0 Å². The Bertz CT molecular complexity index is 720. The van der Waals surface area contributed by atoms with E-state index in [0.717, 1.165) is 48.2 Å². The van der Waals surface area contributed by atoms with E-state index in [2.05, 4.69) is 10.2 Å². The average Bonchev–Trinajstić information content (AvgIpc) is 3.12. The molecule has 1 aliphatic heterocycles. The molecule has 0 N–H and O–H groups in total. The van der Waals surface area contributed by atoms with E-state index in [9.17, 15) is 4.79 Å². The fourth-order valence-electron chi connectivity index (χ4n) is 3.13. The number of thioether (sulfide) groups is 1. The smallest absolute Gasteiger partial charge is 0.233 e. The molecule has 0 bridgehead atoms. The van der Waals surface area contributed by atoms with Gasteiger partial charge in [0.25, 0.3) is 0 Å². The molecular weight excluding hydrogens is 352 g/mol. The lowest BCUT2D eigenvalue weighted by Crippen LogP contribution is -2.33. The molecule has 2 aromatic rings. The van der Waals surface area contributed by atoms with Crippen LogP contribution in [0.4, 0.5) is 0 Å². The second-order valence-corrected chi connectivity index (χ2v) is 7.37. The fraction of sp³-hybridized carbons (Fsp3) is 0.611. The van der Waals surface area contributed by atoms with Crippen molar-refractivity contribution < 1.29 is 13.9 Å². The van der Waals surface area contributed by atoms with Gasteiger partial charge in [0, 0.05) is 20.2 Å². The Kier molecular flexibility index (Phi) is 6.73. The number of amides is 1. The van der Waals surface area contributed by atoms with Crippen LogP contribution in [0.15, 0.2) is 21.9 Å². The summed E-state index contributed by atoms with van der Waals surface area (Å²) < 4.78 is 12.6. The summed E-state index contributed by atoms with van der Waals surface area (Å²) >= 11 is 1.44. The summed E-state index contributed by atoms with van der Waals surface area (Å²) in [6.07, 6.45) is 6.29. The number of rotatable bonds is 7. The monoisotopic (exact) mass is 378 g/mol. The van der Waals surface area contributed by atoms with Gasteiger partial charge in [-0.3, -0.25) is 9.36 Å². The Hall–Kier alpha value is -1.80. The van der Waals surface area contributed by atoms with Crippen molar-refractivity contribution >= 4 is 17.7 Å². The molecule has 26 heavy (non-hydrogen) atoms. The molecule has 0 atom stereocenters. The van der Waals surface area contributed by atoms with Crippen LogP contribution in [-0.4, -0.2) is 58.1 Å². The van der Waals surface area contributed by atoms with Gasteiger partial charge in [0.2, 0.25) is 5.91 Å². The van der Waals surface area contributed by atoms with Crippen LogP contribution in [0.3, 0.4) is 0 Å². The molecule has 142 valence electrons. The SMILES string of the molecule is COCCn1c(SCC(=O)N2CCCCCC2)nnc1-c1ccoc1C. The summed E-state index contributed by atoms with van der Waals surface area (Å²) in [6, 6.07) is 1.89. The zero-order valence-electron chi connectivity index (χ0n) is 15.4. The minimum atomic E-state index is 0.180. The highest BCUT2D eigenvalue weighted by molar-refractivity contribution is 7.99. The van der Waals surface area contributed by atoms with Crippen molar-refractivity contribution in [3.05, 3.63) is 18.1 Å². The van der Waals surface area contributed by atoms with Gasteiger partial charge in [-0.15, -0.1) is 10.2 Å². The summed E-state index contributed by atoms with van der Waals surface area (Å²) in [5, 5.41) is 9.38. The summed E-state index contributed by atoms with van der Waals surface area (Å²) in [5.41, 5.74) is 0.916. The van der Waals surface area contributed by atoms with Crippen LogP contribution in [0.25, 0.3) is 11.4 Å². The first kappa shape index (κ1) is 19.0. The molecule has 1 amide bonds. The van der Waals surface area contributed by atoms with E-state index in [0.29, 0.717) is 18.9 Å². The second kappa shape index (κ2) is 9.23. The molecule has 7 nitrogen and oxygen atoms in total. The number of furan rings is 1. The Labute approximate surface area is 158 Å². The molecule has 1 aliphatic rings. The summed E-state index contributed by atoms with van der Waals surface area (Å²) in [5.74, 6) is 2.11. The minimum absolute atomic E-state index is 0.180. The first-order chi connectivity index (χ1) is 12.7. The van der Waals surface area contributed by atoms with Crippen LogP contribution in [0, 0.1) is 6.92 Å².